The van der Waals surface area contributed by atoms with Crippen molar-refractivity contribution in [2.24, 2.45) is 0 Å². The maximum absolute atomic E-state index is 10.4. The van der Waals surface area contributed by atoms with E-state index >= 15 is 0 Å². The Hall–Kier alpha value is -1.11. The summed E-state index contributed by atoms with van der Waals surface area (Å²) < 4.78 is 1.70. The molecule has 0 saturated heterocycles. The normalized spacial score (nSPS) is 12.6. The monoisotopic (exact) mass is 244 g/mol. The molecule has 0 amide bonds. The molecule has 1 rings (SSSR count). The lowest BCUT2D eigenvalue weighted by Crippen LogP contribution is -2.10. The second kappa shape index (κ2) is 6.47. The van der Waals surface area contributed by atoms with E-state index in [9.17, 15) is 4.79 Å². The Labute approximate surface area is 98.4 Å². The third kappa shape index (κ3) is 3.80. The number of rotatable bonds is 7. The van der Waals surface area contributed by atoms with Crippen LogP contribution in [0.15, 0.2) is 5.16 Å². The first-order valence-corrected chi connectivity index (χ1v) is 6.26. The topological polar surface area (TPSA) is 80.9 Å². The minimum Gasteiger partial charge on any atom is -0.481 e. The van der Waals surface area contributed by atoms with E-state index < -0.39 is 5.97 Å². The van der Waals surface area contributed by atoms with Gasteiger partial charge in [0.2, 0.25) is 5.16 Å². The molecule has 0 bridgehead atoms. The zero-order valence-electron chi connectivity index (χ0n) is 9.46. The Balaban J connectivity index is 2.58. The van der Waals surface area contributed by atoms with E-state index in [0.29, 0.717) is 5.16 Å². The van der Waals surface area contributed by atoms with Crippen molar-refractivity contribution in [3.05, 3.63) is 0 Å². The van der Waals surface area contributed by atoms with Gasteiger partial charge in [0.15, 0.2) is 0 Å². The third-order valence-electron chi connectivity index (χ3n) is 2.18. The maximum Gasteiger partial charge on any atom is 0.313 e. The van der Waals surface area contributed by atoms with Crippen LogP contribution in [0.3, 0.4) is 0 Å². The van der Waals surface area contributed by atoms with E-state index in [1.54, 1.807) is 4.68 Å². The molecule has 1 heterocycles. The number of carboxylic acid groups (broad SMARTS) is 1. The highest BCUT2D eigenvalue weighted by molar-refractivity contribution is 7.99. The van der Waals surface area contributed by atoms with Gasteiger partial charge in [0.05, 0.1) is 11.8 Å². The molecule has 90 valence electrons. The molecule has 16 heavy (non-hydrogen) atoms. The molecule has 1 atom stereocenters. The minimum absolute atomic E-state index is 0.0130. The number of carboxylic acids is 1. The second-order valence-corrected chi connectivity index (χ2v) is 4.52. The summed E-state index contributed by atoms with van der Waals surface area (Å²) >= 11 is 1.15. The maximum atomic E-state index is 10.4. The summed E-state index contributed by atoms with van der Waals surface area (Å²) in [5.41, 5.74) is 0. The zero-order valence-corrected chi connectivity index (χ0v) is 10.3. The molecule has 0 aliphatic carbocycles. The van der Waals surface area contributed by atoms with Crippen molar-refractivity contribution in [1.82, 2.24) is 20.2 Å². The number of aliphatic carboxylic acids is 1. The number of aromatic nitrogens is 4. The van der Waals surface area contributed by atoms with Crippen molar-refractivity contribution in [3.63, 3.8) is 0 Å². The van der Waals surface area contributed by atoms with Crippen LogP contribution >= 0.6 is 11.8 Å². The number of tetrazole rings is 1. The number of hydrogen-bond acceptors (Lipinski definition) is 5. The molecule has 6 nitrogen and oxygen atoms in total. The summed E-state index contributed by atoms with van der Waals surface area (Å²) in [6.07, 6.45) is 3.25. The fourth-order valence-electron chi connectivity index (χ4n) is 1.31. The standard InChI is InChI=1S/C9H16N4O2S/c1-3-4-5-7(2)13-9(10-11-12-13)16-6-8(14)15/h7H,3-6H2,1-2H3,(H,14,15). The second-order valence-electron chi connectivity index (χ2n) is 3.58. The van der Waals surface area contributed by atoms with Crippen molar-refractivity contribution in [3.8, 4) is 0 Å². The molecule has 0 aliphatic rings. The van der Waals surface area contributed by atoms with E-state index in [4.69, 9.17) is 5.11 Å². The van der Waals surface area contributed by atoms with Crippen LogP contribution in [-0.2, 0) is 4.79 Å². The lowest BCUT2D eigenvalue weighted by molar-refractivity contribution is -0.133. The van der Waals surface area contributed by atoms with Crippen LogP contribution in [0, 0.1) is 0 Å². The Kier molecular flexibility index (Phi) is 5.24. The van der Waals surface area contributed by atoms with Crippen LogP contribution in [0.25, 0.3) is 0 Å². The van der Waals surface area contributed by atoms with Gasteiger partial charge >= 0.3 is 5.97 Å². The number of carbonyl (C=O) groups is 1. The van der Waals surface area contributed by atoms with Crippen LogP contribution in [0.2, 0.25) is 0 Å². The molecule has 0 aliphatic heterocycles. The van der Waals surface area contributed by atoms with E-state index in [-0.39, 0.29) is 11.8 Å². The molecule has 1 aromatic heterocycles. The largest absolute Gasteiger partial charge is 0.481 e. The van der Waals surface area contributed by atoms with Crippen molar-refractivity contribution >= 4 is 17.7 Å². The van der Waals surface area contributed by atoms with Crippen molar-refractivity contribution < 1.29 is 9.90 Å². The molecule has 0 fully saturated rings. The number of hydrogen-bond donors (Lipinski definition) is 1. The highest BCUT2D eigenvalue weighted by Gasteiger charge is 2.13. The zero-order chi connectivity index (χ0) is 12.0. The summed E-state index contributed by atoms with van der Waals surface area (Å²) in [5, 5.41) is 20.4. The average Bonchev–Trinajstić information content (AvgIpc) is 2.71. The molecule has 7 heteroatoms. The van der Waals surface area contributed by atoms with Gasteiger partial charge in [0.25, 0.3) is 0 Å². The van der Waals surface area contributed by atoms with Gasteiger partial charge in [-0.05, 0) is 23.8 Å². The van der Waals surface area contributed by atoms with Gasteiger partial charge < -0.3 is 5.11 Å². The fourth-order valence-corrected chi connectivity index (χ4v) is 2.00. The molecule has 0 radical (unpaired) electrons. The Morgan fingerprint density at radius 2 is 2.38 bits per heavy atom. The van der Waals surface area contributed by atoms with Crippen LogP contribution in [0.1, 0.15) is 39.2 Å². The first kappa shape index (κ1) is 13.0. The number of thioether (sulfide) groups is 1. The summed E-state index contributed by atoms with van der Waals surface area (Å²) in [6, 6.07) is 0.214. The van der Waals surface area contributed by atoms with E-state index in [2.05, 4.69) is 22.4 Å². The lowest BCUT2D eigenvalue weighted by Gasteiger charge is -2.11. The molecule has 0 aromatic carbocycles. The van der Waals surface area contributed by atoms with Gasteiger partial charge in [-0.1, -0.05) is 31.5 Å². The molecule has 0 spiro atoms. The SMILES string of the molecule is CCCCC(C)n1nnnc1SCC(=O)O. The quantitative estimate of drug-likeness (QED) is 0.734. The predicted molar refractivity (Wildman–Crippen MR) is 60.4 cm³/mol. The molecular formula is C9H16N4O2S. The van der Waals surface area contributed by atoms with Crippen LogP contribution < -0.4 is 0 Å². The van der Waals surface area contributed by atoms with Crippen LogP contribution in [0.4, 0.5) is 0 Å². The first-order chi connectivity index (χ1) is 7.65. The molecular weight excluding hydrogens is 228 g/mol. The van der Waals surface area contributed by atoms with Crippen molar-refractivity contribution in [2.75, 3.05) is 5.75 Å². The highest BCUT2D eigenvalue weighted by atomic mass is 32.2. The number of nitrogens with zero attached hydrogens (tertiary/aromatic N) is 4. The van der Waals surface area contributed by atoms with Gasteiger partial charge in [-0.3, -0.25) is 4.79 Å². The molecule has 1 unspecified atom stereocenters. The Bertz CT molecular complexity index is 342. The Morgan fingerprint density at radius 1 is 1.62 bits per heavy atom. The van der Waals surface area contributed by atoms with Crippen molar-refractivity contribution in [1.29, 1.82) is 0 Å². The first-order valence-electron chi connectivity index (χ1n) is 5.27. The summed E-state index contributed by atoms with van der Waals surface area (Å²) in [5.74, 6) is -0.873. The highest BCUT2D eigenvalue weighted by Crippen LogP contribution is 2.20. The fraction of sp³-hybridized carbons (Fsp3) is 0.778. The summed E-state index contributed by atoms with van der Waals surface area (Å²) in [4.78, 5) is 10.4. The van der Waals surface area contributed by atoms with Gasteiger partial charge in [0.1, 0.15) is 0 Å². The van der Waals surface area contributed by atoms with E-state index in [0.717, 1.165) is 31.0 Å². The third-order valence-corrected chi connectivity index (χ3v) is 3.10. The van der Waals surface area contributed by atoms with Gasteiger partial charge in [-0.2, -0.15) is 0 Å². The molecule has 0 saturated carbocycles. The average molecular weight is 244 g/mol. The summed E-state index contributed by atoms with van der Waals surface area (Å²) in [7, 11) is 0. The molecule has 1 aromatic rings. The number of unbranched alkanes of at least 4 members (excludes halogenated alkanes) is 1. The Morgan fingerprint density at radius 3 is 3.00 bits per heavy atom. The van der Waals surface area contributed by atoms with Crippen LogP contribution in [-0.4, -0.2) is 37.0 Å². The lowest BCUT2D eigenvalue weighted by atomic mass is 10.1. The molecule has 1 N–H and O–H groups in total. The van der Waals surface area contributed by atoms with Gasteiger partial charge in [0, 0.05) is 0 Å². The minimum atomic E-state index is -0.860. The van der Waals surface area contributed by atoms with Gasteiger partial charge in [-0.25, -0.2) is 4.68 Å². The predicted octanol–water partition coefficient (Wildman–Crippen LogP) is 1.60. The van der Waals surface area contributed by atoms with Crippen molar-refractivity contribution in [2.45, 2.75) is 44.3 Å². The van der Waals surface area contributed by atoms with E-state index in [1.165, 1.54) is 0 Å². The van der Waals surface area contributed by atoms with Crippen LogP contribution in [0.5, 0.6) is 0 Å². The van der Waals surface area contributed by atoms with Gasteiger partial charge in [-0.15, -0.1) is 5.10 Å². The van der Waals surface area contributed by atoms with E-state index in [1.807, 2.05) is 6.92 Å². The smallest absolute Gasteiger partial charge is 0.313 e. The summed E-state index contributed by atoms with van der Waals surface area (Å²) in [6.45, 7) is 4.17.